The number of benzene rings is 1. The van der Waals surface area contributed by atoms with Crippen LogP contribution in [0, 0.1) is 13.8 Å². The van der Waals surface area contributed by atoms with E-state index < -0.39 is 12.2 Å². The Balaban J connectivity index is 3.31. The first-order valence-electron chi connectivity index (χ1n) is 5.56. The van der Waals surface area contributed by atoms with Crippen LogP contribution in [0.5, 0.6) is 5.75 Å². The first-order valence-corrected chi connectivity index (χ1v) is 5.56. The van der Waals surface area contributed by atoms with Gasteiger partial charge in [0.2, 0.25) is 0 Å². The van der Waals surface area contributed by atoms with Crippen LogP contribution in [0.2, 0.25) is 0 Å². The summed E-state index contributed by atoms with van der Waals surface area (Å²) >= 11 is 0. The Kier molecular flexibility index (Phi) is 4.27. The molecule has 102 valence electrons. The number of aryl methyl sites for hydroxylation is 2. The molecule has 0 aliphatic rings. The zero-order valence-electron chi connectivity index (χ0n) is 11.2. The lowest BCUT2D eigenvalue weighted by molar-refractivity contribution is -0.179. The Morgan fingerprint density at radius 3 is 1.83 bits per heavy atom. The van der Waals surface area contributed by atoms with Gasteiger partial charge < -0.3 is 4.74 Å². The fourth-order valence-electron chi connectivity index (χ4n) is 2.24. The average Bonchev–Trinajstić information content (AvgIpc) is 2.13. The van der Waals surface area contributed by atoms with Crippen LogP contribution in [-0.2, 0) is 0 Å². The SMILES string of the molecule is COc1c(C)cc(C(N(C)C)C(F)(F)F)cc1C. The van der Waals surface area contributed by atoms with E-state index in [1.165, 1.54) is 38.2 Å². The molecule has 0 saturated heterocycles. The molecule has 0 N–H and O–H groups in total. The second kappa shape index (κ2) is 5.18. The number of ether oxygens (including phenoxy) is 1. The van der Waals surface area contributed by atoms with Crippen LogP contribution in [0.1, 0.15) is 22.7 Å². The van der Waals surface area contributed by atoms with E-state index in [1.807, 2.05) is 0 Å². The minimum atomic E-state index is -4.29. The average molecular weight is 261 g/mol. The van der Waals surface area contributed by atoms with Crippen LogP contribution in [-0.4, -0.2) is 32.3 Å². The number of methoxy groups -OCH3 is 1. The van der Waals surface area contributed by atoms with Crippen LogP contribution >= 0.6 is 0 Å². The van der Waals surface area contributed by atoms with Crippen molar-refractivity contribution in [2.75, 3.05) is 21.2 Å². The summed E-state index contributed by atoms with van der Waals surface area (Å²) in [6.07, 6.45) is -4.29. The number of rotatable bonds is 3. The van der Waals surface area contributed by atoms with Crippen molar-refractivity contribution in [3.8, 4) is 5.75 Å². The maximum atomic E-state index is 13.0. The number of nitrogens with zero attached hydrogens (tertiary/aromatic N) is 1. The van der Waals surface area contributed by atoms with Crippen LogP contribution in [0.15, 0.2) is 12.1 Å². The van der Waals surface area contributed by atoms with Gasteiger partial charge in [0, 0.05) is 0 Å². The molecule has 0 fully saturated rings. The second-order valence-electron chi connectivity index (χ2n) is 4.60. The molecular formula is C13H18F3NO. The molecule has 0 bridgehead atoms. The molecule has 0 saturated carbocycles. The van der Waals surface area contributed by atoms with E-state index in [9.17, 15) is 13.2 Å². The monoisotopic (exact) mass is 261 g/mol. The fourth-order valence-corrected chi connectivity index (χ4v) is 2.24. The van der Waals surface area contributed by atoms with Crippen LogP contribution in [0.25, 0.3) is 0 Å². The summed E-state index contributed by atoms with van der Waals surface area (Å²) in [6, 6.07) is 1.47. The van der Waals surface area contributed by atoms with Crippen molar-refractivity contribution in [1.82, 2.24) is 4.90 Å². The van der Waals surface area contributed by atoms with Gasteiger partial charge in [-0.05, 0) is 44.6 Å². The van der Waals surface area contributed by atoms with Crippen molar-refractivity contribution in [1.29, 1.82) is 0 Å². The molecule has 0 aliphatic heterocycles. The third-order valence-electron chi connectivity index (χ3n) is 2.83. The van der Waals surface area contributed by atoms with Crippen molar-refractivity contribution in [2.24, 2.45) is 0 Å². The molecule has 5 heteroatoms. The van der Waals surface area contributed by atoms with Gasteiger partial charge in [-0.2, -0.15) is 13.2 Å². The van der Waals surface area contributed by atoms with Crippen molar-refractivity contribution in [3.05, 3.63) is 28.8 Å². The Morgan fingerprint density at radius 1 is 1.11 bits per heavy atom. The Bertz CT molecular complexity index is 404. The van der Waals surface area contributed by atoms with Gasteiger partial charge in [-0.25, -0.2) is 0 Å². The van der Waals surface area contributed by atoms with Crippen molar-refractivity contribution in [3.63, 3.8) is 0 Å². The van der Waals surface area contributed by atoms with Gasteiger partial charge in [0.15, 0.2) is 0 Å². The van der Waals surface area contributed by atoms with Crippen LogP contribution < -0.4 is 4.74 Å². The molecule has 0 aliphatic carbocycles. The number of hydrogen-bond acceptors (Lipinski definition) is 2. The first kappa shape index (κ1) is 14.8. The van der Waals surface area contributed by atoms with Crippen molar-refractivity contribution < 1.29 is 17.9 Å². The molecular weight excluding hydrogens is 243 g/mol. The summed E-state index contributed by atoms with van der Waals surface area (Å²) in [6.45, 7) is 3.50. The Hall–Kier alpha value is -1.23. The minimum absolute atomic E-state index is 0.239. The van der Waals surface area contributed by atoms with Gasteiger partial charge in [-0.1, -0.05) is 12.1 Å². The summed E-state index contributed by atoms with van der Waals surface area (Å²) in [4.78, 5) is 1.17. The number of halogens is 3. The molecule has 0 radical (unpaired) electrons. The lowest BCUT2D eigenvalue weighted by atomic mass is 9.99. The summed E-state index contributed by atoms with van der Waals surface area (Å²) in [5, 5.41) is 0. The smallest absolute Gasteiger partial charge is 0.408 e. The minimum Gasteiger partial charge on any atom is -0.496 e. The lowest BCUT2D eigenvalue weighted by Gasteiger charge is -2.28. The molecule has 1 aromatic carbocycles. The highest BCUT2D eigenvalue weighted by molar-refractivity contribution is 5.44. The third-order valence-corrected chi connectivity index (χ3v) is 2.83. The predicted octanol–water partition coefficient (Wildman–Crippen LogP) is 3.48. The molecule has 1 aromatic rings. The van der Waals surface area contributed by atoms with E-state index in [4.69, 9.17) is 4.74 Å². The maximum absolute atomic E-state index is 13.0. The van der Waals surface area contributed by atoms with Crippen LogP contribution in [0.3, 0.4) is 0 Å². The van der Waals surface area contributed by atoms with E-state index in [0.29, 0.717) is 16.9 Å². The van der Waals surface area contributed by atoms with Gasteiger partial charge in [-0.3, -0.25) is 4.90 Å². The Morgan fingerprint density at radius 2 is 1.56 bits per heavy atom. The summed E-state index contributed by atoms with van der Waals surface area (Å²) in [5.74, 6) is 0.637. The van der Waals surface area contributed by atoms with E-state index >= 15 is 0 Å². The van der Waals surface area contributed by atoms with Gasteiger partial charge in [0.25, 0.3) is 0 Å². The zero-order valence-corrected chi connectivity index (χ0v) is 11.2. The highest BCUT2D eigenvalue weighted by Gasteiger charge is 2.42. The molecule has 0 aromatic heterocycles. The molecule has 0 spiro atoms. The fraction of sp³-hybridized carbons (Fsp3) is 0.538. The predicted molar refractivity (Wildman–Crippen MR) is 65.0 cm³/mol. The highest BCUT2D eigenvalue weighted by atomic mass is 19.4. The van der Waals surface area contributed by atoms with Gasteiger partial charge in [-0.15, -0.1) is 0 Å². The molecule has 1 atom stereocenters. The summed E-state index contributed by atoms with van der Waals surface area (Å²) in [5.41, 5.74) is 1.66. The molecule has 1 unspecified atom stereocenters. The van der Waals surface area contributed by atoms with E-state index in [-0.39, 0.29) is 5.56 Å². The topological polar surface area (TPSA) is 12.5 Å². The van der Waals surface area contributed by atoms with Gasteiger partial charge >= 0.3 is 6.18 Å². The largest absolute Gasteiger partial charge is 0.496 e. The summed E-state index contributed by atoms with van der Waals surface area (Å²) < 4.78 is 44.3. The first-order chi connectivity index (χ1) is 8.18. The second-order valence-corrected chi connectivity index (χ2v) is 4.60. The van der Waals surface area contributed by atoms with Gasteiger partial charge in [0.1, 0.15) is 11.8 Å². The van der Waals surface area contributed by atoms with E-state index in [1.54, 1.807) is 13.8 Å². The third kappa shape index (κ3) is 2.96. The normalized spacial score (nSPS) is 13.8. The van der Waals surface area contributed by atoms with E-state index in [2.05, 4.69) is 0 Å². The van der Waals surface area contributed by atoms with Gasteiger partial charge in [0.05, 0.1) is 7.11 Å². The molecule has 18 heavy (non-hydrogen) atoms. The zero-order chi connectivity index (χ0) is 14.1. The molecule has 2 nitrogen and oxygen atoms in total. The Labute approximate surface area is 105 Å². The van der Waals surface area contributed by atoms with Crippen molar-refractivity contribution in [2.45, 2.75) is 26.1 Å². The lowest BCUT2D eigenvalue weighted by Crippen LogP contribution is -2.33. The molecule has 1 rings (SSSR count). The van der Waals surface area contributed by atoms with Crippen molar-refractivity contribution >= 4 is 0 Å². The van der Waals surface area contributed by atoms with Crippen LogP contribution in [0.4, 0.5) is 13.2 Å². The molecule has 0 amide bonds. The van der Waals surface area contributed by atoms with E-state index in [0.717, 1.165) is 0 Å². The maximum Gasteiger partial charge on any atom is 0.408 e. The highest BCUT2D eigenvalue weighted by Crippen LogP contribution is 2.38. The quantitative estimate of drug-likeness (QED) is 0.826. The number of hydrogen-bond donors (Lipinski definition) is 0. The number of alkyl halides is 3. The summed E-state index contributed by atoms with van der Waals surface area (Å²) in [7, 11) is 4.36. The standard InChI is InChI=1S/C13H18F3NO/c1-8-6-10(7-9(2)11(8)18-5)12(17(3)4)13(14,15)16/h6-7,12H,1-5H3. The molecule has 0 heterocycles.